The number of carbonyl (C=O) groups is 2. The van der Waals surface area contributed by atoms with E-state index in [2.05, 4.69) is 5.32 Å². The van der Waals surface area contributed by atoms with Gasteiger partial charge in [0, 0.05) is 26.1 Å². The fourth-order valence-electron chi connectivity index (χ4n) is 2.25. The SMILES string of the molecule is NCCN(Cc1ccccc1)C(=O)[C@@H]1CCC(=O)N1. The van der Waals surface area contributed by atoms with Gasteiger partial charge in [0.25, 0.3) is 0 Å². The molecular formula is C14H19N3O2. The number of nitrogens with zero attached hydrogens (tertiary/aromatic N) is 1. The van der Waals surface area contributed by atoms with Crippen LogP contribution in [-0.4, -0.2) is 35.8 Å². The third-order valence-electron chi connectivity index (χ3n) is 3.22. The number of benzene rings is 1. The third-order valence-corrected chi connectivity index (χ3v) is 3.22. The van der Waals surface area contributed by atoms with Gasteiger partial charge in [0.15, 0.2) is 0 Å². The number of hydrogen-bond acceptors (Lipinski definition) is 3. The van der Waals surface area contributed by atoms with Gasteiger partial charge in [-0.15, -0.1) is 0 Å². The average Bonchev–Trinajstić information content (AvgIpc) is 2.85. The molecule has 2 amide bonds. The highest BCUT2D eigenvalue weighted by molar-refractivity contribution is 5.90. The summed E-state index contributed by atoms with van der Waals surface area (Å²) in [5.41, 5.74) is 6.63. The van der Waals surface area contributed by atoms with E-state index < -0.39 is 0 Å². The molecule has 1 aliphatic rings. The van der Waals surface area contributed by atoms with Crippen LogP contribution in [0.2, 0.25) is 0 Å². The summed E-state index contributed by atoms with van der Waals surface area (Å²) in [5, 5.41) is 2.71. The summed E-state index contributed by atoms with van der Waals surface area (Å²) in [5.74, 6) is -0.0917. The summed E-state index contributed by atoms with van der Waals surface area (Å²) in [6.45, 7) is 1.45. The minimum atomic E-state index is -0.386. The quantitative estimate of drug-likeness (QED) is 0.798. The zero-order chi connectivity index (χ0) is 13.7. The number of hydrogen-bond donors (Lipinski definition) is 2. The van der Waals surface area contributed by atoms with Crippen molar-refractivity contribution in [1.29, 1.82) is 0 Å². The van der Waals surface area contributed by atoms with Gasteiger partial charge < -0.3 is 16.0 Å². The van der Waals surface area contributed by atoms with Crippen molar-refractivity contribution < 1.29 is 9.59 Å². The first-order valence-corrected chi connectivity index (χ1v) is 6.53. The molecule has 2 rings (SSSR count). The maximum atomic E-state index is 12.3. The Balaban J connectivity index is 2.02. The highest BCUT2D eigenvalue weighted by Gasteiger charge is 2.30. The molecule has 1 heterocycles. The second-order valence-corrected chi connectivity index (χ2v) is 4.69. The lowest BCUT2D eigenvalue weighted by Gasteiger charge is -2.25. The first-order chi connectivity index (χ1) is 9.20. The Hall–Kier alpha value is -1.88. The lowest BCUT2D eigenvalue weighted by molar-refractivity contribution is -0.134. The van der Waals surface area contributed by atoms with E-state index in [-0.39, 0.29) is 17.9 Å². The molecule has 1 atom stereocenters. The molecule has 5 heteroatoms. The summed E-state index contributed by atoms with van der Waals surface area (Å²) in [6.07, 6.45) is 1.01. The van der Waals surface area contributed by atoms with E-state index in [1.165, 1.54) is 0 Å². The number of amides is 2. The molecule has 3 N–H and O–H groups in total. The lowest BCUT2D eigenvalue weighted by atomic mass is 10.1. The molecule has 1 saturated heterocycles. The first-order valence-electron chi connectivity index (χ1n) is 6.53. The number of carbonyl (C=O) groups excluding carboxylic acids is 2. The van der Waals surface area contributed by atoms with E-state index in [0.29, 0.717) is 32.5 Å². The van der Waals surface area contributed by atoms with Crippen LogP contribution in [0.4, 0.5) is 0 Å². The summed E-state index contributed by atoms with van der Waals surface area (Å²) < 4.78 is 0. The van der Waals surface area contributed by atoms with Crippen LogP contribution < -0.4 is 11.1 Å². The van der Waals surface area contributed by atoms with Crippen molar-refractivity contribution in [3.8, 4) is 0 Å². The molecule has 102 valence electrons. The van der Waals surface area contributed by atoms with E-state index in [9.17, 15) is 9.59 Å². The van der Waals surface area contributed by atoms with Crippen LogP contribution in [0.5, 0.6) is 0 Å². The monoisotopic (exact) mass is 261 g/mol. The Labute approximate surface area is 112 Å². The van der Waals surface area contributed by atoms with Crippen LogP contribution in [0.15, 0.2) is 30.3 Å². The maximum absolute atomic E-state index is 12.3. The Morgan fingerprint density at radius 1 is 1.37 bits per heavy atom. The van der Waals surface area contributed by atoms with E-state index in [1.54, 1.807) is 4.90 Å². The van der Waals surface area contributed by atoms with Gasteiger partial charge in [0.05, 0.1) is 0 Å². The highest BCUT2D eigenvalue weighted by atomic mass is 16.2. The summed E-state index contributed by atoms with van der Waals surface area (Å²) in [7, 11) is 0. The average molecular weight is 261 g/mol. The van der Waals surface area contributed by atoms with Crippen molar-refractivity contribution in [2.45, 2.75) is 25.4 Å². The normalized spacial score (nSPS) is 18.2. The molecule has 0 unspecified atom stereocenters. The van der Waals surface area contributed by atoms with E-state index in [1.807, 2.05) is 30.3 Å². The fourth-order valence-corrected chi connectivity index (χ4v) is 2.25. The summed E-state index contributed by atoms with van der Waals surface area (Å²) in [6, 6.07) is 9.39. The zero-order valence-corrected chi connectivity index (χ0v) is 10.8. The van der Waals surface area contributed by atoms with E-state index in [4.69, 9.17) is 5.73 Å². The standard InChI is InChI=1S/C14H19N3O2/c15-8-9-17(10-11-4-2-1-3-5-11)14(19)12-6-7-13(18)16-12/h1-5,12H,6-10,15H2,(H,16,18)/t12-/m0/s1. The molecule has 1 fully saturated rings. The summed E-state index contributed by atoms with van der Waals surface area (Å²) in [4.78, 5) is 25.2. The topological polar surface area (TPSA) is 75.4 Å². The molecule has 0 spiro atoms. The van der Waals surface area contributed by atoms with Crippen LogP contribution in [-0.2, 0) is 16.1 Å². The number of nitrogens with one attached hydrogen (secondary N) is 1. The minimum Gasteiger partial charge on any atom is -0.344 e. The van der Waals surface area contributed by atoms with Crippen molar-refractivity contribution in [1.82, 2.24) is 10.2 Å². The van der Waals surface area contributed by atoms with Gasteiger partial charge >= 0.3 is 0 Å². The fraction of sp³-hybridized carbons (Fsp3) is 0.429. The molecule has 1 aliphatic heterocycles. The summed E-state index contributed by atoms with van der Waals surface area (Å²) >= 11 is 0. The van der Waals surface area contributed by atoms with Gasteiger partial charge in [0.1, 0.15) is 6.04 Å². The van der Waals surface area contributed by atoms with E-state index >= 15 is 0 Å². The molecule has 19 heavy (non-hydrogen) atoms. The Morgan fingerprint density at radius 3 is 2.68 bits per heavy atom. The van der Waals surface area contributed by atoms with Gasteiger partial charge in [-0.1, -0.05) is 30.3 Å². The minimum absolute atomic E-state index is 0.0415. The van der Waals surface area contributed by atoms with Crippen LogP contribution >= 0.6 is 0 Å². The van der Waals surface area contributed by atoms with Crippen molar-refractivity contribution in [3.05, 3.63) is 35.9 Å². The van der Waals surface area contributed by atoms with Crippen molar-refractivity contribution >= 4 is 11.8 Å². The highest BCUT2D eigenvalue weighted by Crippen LogP contribution is 2.12. The van der Waals surface area contributed by atoms with Gasteiger partial charge in [-0.3, -0.25) is 9.59 Å². The maximum Gasteiger partial charge on any atom is 0.245 e. The van der Waals surface area contributed by atoms with Crippen molar-refractivity contribution in [2.75, 3.05) is 13.1 Å². The second-order valence-electron chi connectivity index (χ2n) is 4.69. The van der Waals surface area contributed by atoms with Crippen molar-refractivity contribution in [2.24, 2.45) is 5.73 Å². The lowest BCUT2D eigenvalue weighted by Crippen LogP contribution is -2.45. The van der Waals surface area contributed by atoms with Crippen LogP contribution in [0.25, 0.3) is 0 Å². The van der Waals surface area contributed by atoms with E-state index in [0.717, 1.165) is 5.56 Å². The molecule has 1 aromatic carbocycles. The van der Waals surface area contributed by atoms with Crippen LogP contribution in [0.1, 0.15) is 18.4 Å². The molecule has 0 aromatic heterocycles. The molecule has 0 aliphatic carbocycles. The van der Waals surface area contributed by atoms with Crippen molar-refractivity contribution in [3.63, 3.8) is 0 Å². The van der Waals surface area contributed by atoms with Gasteiger partial charge in [-0.2, -0.15) is 0 Å². The third kappa shape index (κ3) is 3.54. The predicted octanol–water partition coefficient (Wildman–Crippen LogP) is 0.252. The molecule has 1 aromatic rings. The zero-order valence-electron chi connectivity index (χ0n) is 10.8. The van der Waals surface area contributed by atoms with Gasteiger partial charge in [-0.05, 0) is 12.0 Å². The largest absolute Gasteiger partial charge is 0.344 e. The van der Waals surface area contributed by atoms with Crippen LogP contribution in [0.3, 0.4) is 0 Å². The van der Waals surface area contributed by atoms with Crippen LogP contribution in [0, 0.1) is 0 Å². The number of rotatable bonds is 5. The molecule has 0 radical (unpaired) electrons. The van der Waals surface area contributed by atoms with Gasteiger partial charge in [0.2, 0.25) is 11.8 Å². The predicted molar refractivity (Wildman–Crippen MR) is 72.1 cm³/mol. The molecule has 5 nitrogen and oxygen atoms in total. The Morgan fingerprint density at radius 2 is 2.11 bits per heavy atom. The Kier molecular flexibility index (Phi) is 4.52. The smallest absolute Gasteiger partial charge is 0.245 e. The molecular weight excluding hydrogens is 242 g/mol. The van der Waals surface area contributed by atoms with Gasteiger partial charge in [-0.25, -0.2) is 0 Å². The Bertz CT molecular complexity index is 447. The first kappa shape index (κ1) is 13.5. The molecule has 0 bridgehead atoms. The second kappa shape index (κ2) is 6.33. The number of nitrogens with two attached hydrogens (primary N) is 1. The molecule has 0 saturated carbocycles.